The number of anilines is 1. The summed E-state index contributed by atoms with van der Waals surface area (Å²) in [5, 5.41) is 5.72. The molecule has 27 heavy (non-hydrogen) atoms. The summed E-state index contributed by atoms with van der Waals surface area (Å²) >= 11 is 0. The van der Waals surface area contributed by atoms with Crippen LogP contribution in [0.15, 0.2) is 48.5 Å². The average molecular weight is 371 g/mol. The SMILES string of the molecule is Cc1ccccc1NC(=O)CN(C)CCC(=O)NCCc1ccc(F)cc1. The molecule has 0 heterocycles. The predicted octanol–water partition coefficient (Wildman–Crippen LogP) is 2.75. The minimum absolute atomic E-state index is 0.0664. The Kier molecular flexibility index (Phi) is 7.95. The number of aryl methyl sites for hydroxylation is 1. The van der Waals surface area contributed by atoms with Gasteiger partial charge in [-0.2, -0.15) is 0 Å². The summed E-state index contributed by atoms with van der Waals surface area (Å²) in [4.78, 5) is 25.8. The first-order valence-corrected chi connectivity index (χ1v) is 8.99. The van der Waals surface area contributed by atoms with Crippen molar-refractivity contribution in [3.05, 3.63) is 65.5 Å². The molecule has 0 saturated carbocycles. The van der Waals surface area contributed by atoms with Crippen LogP contribution in [0.3, 0.4) is 0 Å². The molecule has 0 spiro atoms. The van der Waals surface area contributed by atoms with Gasteiger partial charge in [-0.05, 0) is 49.7 Å². The van der Waals surface area contributed by atoms with Crippen LogP contribution in [-0.2, 0) is 16.0 Å². The number of amides is 2. The molecule has 144 valence electrons. The van der Waals surface area contributed by atoms with Crippen LogP contribution in [0, 0.1) is 12.7 Å². The maximum absolute atomic E-state index is 12.8. The lowest BCUT2D eigenvalue weighted by atomic mass is 10.1. The highest BCUT2D eigenvalue weighted by molar-refractivity contribution is 5.92. The van der Waals surface area contributed by atoms with Crippen LogP contribution in [0.5, 0.6) is 0 Å². The first-order chi connectivity index (χ1) is 12.9. The highest BCUT2D eigenvalue weighted by Gasteiger charge is 2.10. The molecule has 0 fully saturated rings. The van der Waals surface area contributed by atoms with E-state index in [4.69, 9.17) is 0 Å². The Morgan fingerprint density at radius 2 is 1.74 bits per heavy atom. The van der Waals surface area contributed by atoms with Gasteiger partial charge in [-0.1, -0.05) is 30.3 Å². The lowest BCUT2D eigenvalue weighted by Gasteiger charge is -2.16. The molecule has 0 atom stereocenters. The molecule has 0 aromatic heterocycles. The largest absolute Gasteiger partial charge is 0.356 e. The zero-order chi connectivity index (χ0) is 19.6. The number of hydrogen-bond donors (Lipinski definition) is 2. The first-order valence-electron chi connectivity index (χ1n) is 8.99. The van der Waals surface area contributed by atoms with Crippen LogP contribution in [0.4, 0.5) is 10.1 Å². The second kappa shape index (κ2) is 10.4. The van der Waals surface area contributed by atoms with Gasteiger partial charge in [-0.25, -0.2) is 4.39 Å². The van der Waals surface area contributed by atoms with Gasteiger partial charge in [0.2, 0.25) is 11.8 Å². The van der Waals surface area contributed by atoms with Crippen LogP contribution in [0.25, 0.3) is 0 Å². The summed E-state index contributed by atoms with van der Waals surface area (Å²) in [5.74, 6) is -0.441. The van der Waals surface area contributed by atoms with Gasteiger partial charge >= 0.3 is 0 Å². The number of hydrogen-bond acceptors (Lipinski definition) is 3. The van der Waals surface area contributed by atoms with E-state index in [1.807, 2.05) is 43.1 Å². The zero-order valence-electron chi connectivity index (χ0n) is 15.8. The van der Waals surface area contributed by atoms with Gasteiger partial charge in [0, 0.05) is 25.2 Å². The lowest BCUT2D eigenvalue weighted by Crippen LogP contribution is -2.34. The van der Waals surface area contributed by atoms with Gasteiger partial charge in [-0.3, -0.25) is 14.5 Å². The van der Waals surface area contributed by atoms with E-state index >= 15 is 0 Å². The molecule has 0 saturated heterocycles. The Labute approximate surface area is 159 Å². The quantitative estimate of drug-likeness (QED) is 0.713. The summed E-state index contributed by atoms with van der Waals surface area (Å²) in [5.41, 5.74) is 2.78. The van der Waals surface area contributed by atoms with E-state index in [1.54, 1.807) is 12.1 Å². The molecule has 0 unspecified atom stereocenters. The molecule has 2 rings (SSSR count). The Bertz CT molecular complexity index is 762. The molecular weight excluding hydrogens is 345 g/mol. The third-order valence-corrected chi connectivity index (χ3v) is 4.20. The number of benzene rings is 2. The number of halogens is 1. The topological polar surface area (TPSA) is 61.4 Å². The second-order valence-corrected chi connectivity index (χ2v) is 6.58. The van der Waals surface area contributed by atoms with Gasteiger partial charge in [0.25, 0.3) is 0 Å². The van der Waals surface area contributed by atoms with Crippen LogP contribution in [0.2, 0.25) is 0 Å². The van der Waals surface area contributed by atoms with Crippen molar-refractivity contribution in [3.63, 3.8) is 0 Å². The molecule has 0 aliphatic rings. The second-order valence-electron chi connectivity index (χ2n) is 6.58. The first kappa shape index (κ1) is 20.6. The molecule has 2 amide bonds. The van der Waals surface area contributed by atoms with E-state index in [2.05, 4.69) is 10.6 Å². The van der Waals surface area contributed by atoms with Crippen molar-refractivity contribution in [3.8, 4) is 0 Å². The van der Waals surface area contributed by atoms with E-state index in [0.29, 0.717) is 25.9 Å². The van der Waals surface area contributed by atoms with Crippen LogP contribution in [-0.4, -0.2) is 43.4 Å². The number of likely N-dealkylation sites (N-methyl/N-ethyl adjacent to an activating group) is 1. The molecule has 2 aromatic rings. The van der Waals surface area contributed by atoms with Crippen molar-refractivity contribution < 1.29 is 14.0 Å². The molecule has 2 N–H and O–H groups in total. The van der Waals surface area contributed by atoms with Crippen molar-refractivity contribution in [2.24, 2.45) is 0 Å². The monoisotopic (exact) mass is 371 g/mol. The van der Waals surface area contributed by atoms with E-state index in [0.717, 1.165) is 16.8 Å². The maximum Gasteiger partial charge on any atom is 0.238 e. The average Bonchev–Trinajstić information content (AvgIpc) is 2.63. The van der Waals surface area contributed by atoms with Crippen molar-refractivity contribution in [2.75, 3.05) is 32.0 Å². The van der Waals surface area contributed by atoms with E-state index < -0.39 is 0 Å². The smallest absolute Gasteiger partial charge is 0.238 e. The van der Waals surface area contributed by atoms with Crippen molar-refractivity contribution >= 4 is 17.5 Å². The number of carbonyl (C=O) groups is 2. The third kappa shape index (κ3) is 7.58. The molecule has 0 radical (unpaired) electrons. The Morgan fingerprint density at radius 3 is 2.44 bits per heavy atom. The van der Waals surface area contributed by atoms with Crippen LogP contribution in [0.1, 0.15) is 17.5 Å². The molecule has 6 heteroatoms. The minimum Gasteiger partial charge on any atom is -0.356 e. The summed E-state index contributed by atoms with van der Waals surface area (Å²) in [6, 6.07) is 13.8. The summed E-state index contributed by atoms with van der Waals surface area (Å²) in [6.45, 7) is 3.15. The van der Waals surface area contributed by atoms with Gasteiger partial charge in [-0.15, -0.1) is 0 Å². The lowest BCUT2D eigenvalue weighted by molar-refractivity contribution is -0.122. The van der Waals surface area contributed by atoms with E-state index in [9.17, 15) is 14.0 Å². The molecule has 0 bridgehead atoms. The summed E-state index contributed by atoms with van der Waals surface area (Å²) < 4.78 is 12.8. The summed E-state index contributed by atoms with van der Waals surface area (Å²) in [6.07, 6.45) is 0.970. The zero-order valence-corrected chi connectivity index (χ0v) is 15.8. The Morgan fingerprint density at radius 1 is 1.04 bits per heavy atom. The standard InChI is InChI=1S/C21H26FN3O2/c1-16-5-3-4-6-19(16)24-21(27)15-25(2)14-12-20(26)23-13-11-17-7-9-18(22)10-8-17/h3-10H,11-15H2,1-2H3,(H,23,26)(H,24,27). The maximum atomic E-state index is 12.8. The molecule has 0 aliphatic heterocycles. The van der Waals surface area contributed by atoms with Crippen molar-refractivity contribution in [1.82, 2.24) is 10.2 Å². The van der Waals surface area contributed by atoms with Crippen molar-refractivity contribution in [1.29, 1.82) is 0 Å². The molecular formula is C21H26FN3O2. The number of carbonyl (C=O) groups excluding carboxylic acids is 2. The predicted molar refractivity (Wildman–Crippen MR) is 105 cm³/mol. The Balaban J connectivity index is 1.63. The van der Waals surface area contributed by atoms with Crippen molar-refractivity contribution in [2.45, 2.75) is 19.8 Å². The van der Waals surface area contributed by atoms with E-state index in [-0.39, 0.29) is 24.2 Å². The fraction of sp³-hybridized carbons (Fsp3) is 0.333. The number of nitrogens with zero attached hydrogens (tertiary/aromatic N) is 1. The van der Waals surface area contributed by atoms with Gasteiger partial charge in [0.05, 0.1) is 6.54 Å². The van der Waals surface area contributed by atoms with E-state index in [1.165, 1.54) is 12.1 Å². The summed E-state index contributed by atoms with van der Waals surface area (Å²) in [7, 11) is 1.81. The highest BCUT2D eigenvalue weighted by Crippen LogP contribution is 2.12. The molecule has 5 nitrogen and oxygen atoms in total. The Hall–Kier alpha value is -2.73. The molecule has 2 aromatic carbocycles. The number of rotatable bonds is 9. The fourth-order valence-electron chi connectivity index (χ4n) is 2.61. The van der Waals surface area contributed by atoms with Gasteiger partial charge < -0.3 is 10.6 Å². The van der Waals surface area contributed by atoms with Crippen LogP contribution >= 0.6 is 0 Å². The van der Waals surface area contributed by atoms with Crippen LogP contribution < -0.4 is 10.6 Å². The van der Waals surface area contributed by atoms with Gasteiger partial charge in [0.1, 0.15) is 5.82 Å². The molecule has 0 aliphatic carbocycles. The normalized spacial score (nSPS) is 10.7. The van der Waals surface area contributed by atoms with Gasteiger partial charge in [0.15, 0.2) is 0 Å². The number of nitrogens with one attached hydrogen (secondary N) is 2. The minimum atomic E-state index is -0.266. The third-order valence-electron chi connectivity index (χ3n) is 4.20. The number of para-hydroxylation sites is 1. The fourth-order valence-corrected chi connectivity index (χ4v) is 2.61. The highest BCUT2D eigenvalue weighted by atomic mass is 19.1.